The van der Waals surface area contributed by atoms with Crippen LogP contribution in [-0.2, 0) is 0 Å². The maximum absolute atomic E-state index is 13.2. The predicted molar refractivity (Wildman–Crippen MR) is 73.0 cm³/mol. The molecule has 0 bridgehead atoms. The summed E-state index contributed by atoms with van der Waals surface area (Å²) in [7, 11) is 0. The van der Waals surface area contributed by atoms with Gasteiger partial charge in [0.05, 0.1) is 12.1 Å². The van der Waals surface area contributed by atoms with Crippen molar-refractivity contribution in [3.63, 3.8) is 0 Å². The smallest absolute Gasteiger partial charge is 0.200 e. The van der Waals surface area contributed by atoms with Crippen LogP contribution in [0.5, 0.6) is 0 Å². The molecule has 0 unspecified atom stereocenters. The van der Waals surface area contributed by atoms with Crippen LogP contribution < -0.4 is 5.32 Å². The number of hydrogen-bond donors (Lipinski definition) is 2. The number of fused-ring (bicyclic) bond motifs is 1. The largest absolute Gasteiger partial charge is 0.386 e. The molecule has 1 aromatic carbocycles. The van der Waals surface area contributed by atoms with E-state index < -0.39 is 23.8 Å². The van der Waals surface area contributed by atoms with Gasteiger partial charge in [0, 0.05) is 0 Å². The number of anilines is 1. The molecule has 0 saturated carbocycles. The lowest BCUT2D eigenvalue weighted by molar-refractivity contribution is 0.160. The maximum atomic E-state index is 13.2. The summed E-state index contributed by atoms with van der Waals surface area (Å²) in [5, 5.41) is 28.1. The fourth-order valence-corrected chi connectivity index (χ4v) is 2.02. The number of aliphatic hydroxyl groups is 1. The van der Waals surface area contributed by atoms with Gasteiger partial charge in [-0.3, -0.25) is 0 Å². The zero-order valence-electron chi connectivity index (χ0n) is 11.5. The van der Waals surface area contributed by atoms with Crippen molar-refractivity contribution in [3.8, 4) is 0 Å². The van der Waals surface area contributed by atoms with Crippen LogP contribution in [0.2, 0.25) is 0 Å². The Morgan fingerprint density at radius 3 is 2.77 bits per heavy atom. The number of nitrogens with zero attached hydrogens (tertiary/aromatic N) is 5. The first-order chi connectivity index (χ1) is 10.5. The molecule has 0 radical (unpaired) electrons. The fourth-order valence-electron chi connectivity index (χ4n) is 2.02. The van der Waals surface area contributed by atoms with E-state index in [4.69, 9.17) is 0 Å². The Morgan fingerprint density at radius 1 is 1.18 bits per heavy atom. The Morgan fingerprint density at radius 2 is 2.00 bits per heavy atom. The highest BCUT2D eigenvalue weighted by Crippen LogP contribution is 2.21. The van der Waals surface area contributed by atoms with Crippen molar-refractivity contribution in [2.75, 3.05) is 5.32 Å². The molecule has 0 amide bonds. The first kappa shape index (κ1) is 14.3. The van der Waals surface area contributed by atoms with Gasteiger partial charge in [-0.05, 0) is 47.2 Å². The van der Waals surface area contributed by atoms with Crippen molar-refractivity contribution in [3.05, 3.63) is 47.5 Å². The van der Waals surface area contributed by atoms with E-state index in [1.807, 2.05) is 0 Å². The van der Waals surface area contributed by atoms with E-state index in [0.717, 1.165) is 12.1 Å². The summed E-state index contributed by atoms with van der Waals surface area (Å²) in [5.41, 5.74) is 0.752. The maximum Gasteiger partial charge on any atom is 0.200 e. The van der Waals surface area contributed by atoms with E-state index in [9.17, 15) is 13.9 Å². The molecule has 9 heteroatoms. The van der Waals surface area contributed by atoms with E-state index in [-0.39, 0.29) is 5.56 Å². The highest BCUT2D eigenvalue weighted by Gasteiger charge is 2.18. The topological polar surface area (TPSA) is 88.2 Å². The van der Waals surface area contributed by atoms with Crippen LogP contribution in [0.1, 0.15) is 18.6 Å². The molecule has 114 valence electrons. The van der Waals surface area contributed by atoms with Crippen LogP contribution >= 0.6 is 0 Å². The van der Waals surface area contributed by atoms with E-state index >= 15 is 0 Å². The third-order valence-electron chi connectivity index (χ3n) is 3.20. The van der Waals surface area contributed by atoms with Crippen molar-refractivity contribution in [2.45, 2.75) is 19.1 Å². The summed E-state index contributed by atoms with van der Waals surface area (Å²) in [5.74, 6) is -1.52. The Hall–Kier alpha value is -2.68. The van der Waals surface area contributed by atoms with Crippen molar-refractivity contribution < 1.29 is 13.9 Å². The number of rotatable bonds is 4. The molecule has 0 spiro atoms. The van der Waals surface area contributed by atoms with Crippen LogP contribution in [0, 0.1) is 11.6 Å². The quantitative estimate of drug-likeness (QED) is 0.756. The monoisotopic (exact) mass is 306 g/mol. The Labute approximate surface area is 123 Å². The zero-order valence-corrected chi connectivity index (χ0v) is 11.5. The number of hydrogen-bond acceptors (Lipinski definition) is 6. The lowest BCUT2D eigenvalue weighted by Gasteiger charge is -2.21. The second kappa shape index (κ2) is 5.60. The average Bonchev–Trinajstić information content (AvgIpc) is 2.97. The normalized spacial score (nSPS) is 14.0. The zero-order chi connectivity index (χ0) is 15.7. The molecule has 0 aliphatic rings. The van der Waals surface area contributed by atoms with Gasteiger partial charge in [0.1, 0.15) is 5.82 Å². The number of tetrazole rings is 1. The number of aliphatic hydroxyl groups excluding tert-OH is 1. The van der Waals surface area contributed by atoms with E-state index in [1.54, 1.807) is 19.1 Å². The molecule has 3 rings (SSSR count). The van der Waals surface area contributed by atoms with Gasteiger partial charge in [0.2, 0.25) is 0 Å². The van der Waals surface area contributed by atoms with E-state index in [0.29, 0.717) is 11.5 Å². The highest BCUT2D eigenvalue weighted by atomic mass is 19.2. The Balaban J connectivity index is 1.77. The van der Waals surface area contributed by atoms with Crippen LogP contribution in [0.4, 0.5) is 14.6 Å². The van der Waals surface area contributed by atoms with Gasteiger partial charge in [-0.15, -0.1) is 14.8 Å². The number of nitrogens with one attached hydrogen (secondary N) is 1. The molecule has 0 fully saturated rings. The molecule has 7 nitrogen and oxygen atoms in total. The second-order valence-corrected chi connectivity index (χ2v) is 4.80. The van der Waals surface area contributed by atoms with Gasteiger partial charge in [-0.2, -0.15) is 0 Å². The van der Waals surface area contributed by atoms with Gasteiger partial charge >= 0.3 is 0 Å². The summed E-state index contributed by atoms with van der Waals surface area (Å²) >= 11 is 0. The fraction of sp³-hybridized carbons (Fsp3) is 0.231. The minimum absolute atomic E-state index is 0.266. The first-order valence-electron chi connectivity index (χ1n) is 6.49. The molecule has 22 heavy (non-hydrogen) atoms. The first-order valence-corrected chi connectivity index (χ1v) is 6.49. The second-order valence-electron chi connectivity index (χ2n) is 4.80. The van der Waals surface area contributed by atoms with Crippen molar-refractivity contribution in [1.29, 1.82) is 0 Å². The molecule has 2 atom stereocenters. The summed E-state index contributed by atoms with van der Waals surface area (Å²) in [6, 6.07) is 6.10. The summed E-state index contributed by atoms with van der Waals surface area (Å²) in [6.07, 6.45) is -1.04. The van der Waals surface area contributed by atoms with Crippen molar-refractivity contribution >= 4 is 11.5 Å². The van der Waals surface area contributed by atoms with E-state index in [1.165, 1.54) is 10.7 Å². The molecular formula is C13H12F2N6O. The Bertz CT molecular complexity index is 808. The lowest BCUT2D eigenvalue weighted by Crippen LogP contribution is -2.25. The van der Waals surface area contributed by atoms with Gasteiger partial charge in [-0.1, -0.05) is 6.07 Å². The molecular weight excluding hydrogens is 294 g/mol. The summed E-state index contributed by atoms with van der Waals surface area (Å²) < 4.78 is 27.4. The minimum Gasteiger partial charge on any atom is -0.386 e. The Kier molecular flexibility index (Phi) is 3.63. The number of benzene rings is 1. The molecule has 3 aromatic rings. The van der Waals surface area contributed by atoms with Gasteiger partial charge in [-0.25, -0.2) is 8.78 Å². The lowest BCUT2D eigenvalue weighted by atomic mass is 10.0. The molecule has 2 heterocycles. The number of halogens is 2. The van der Waals surface area contributed by atoms with Gasteiger partial charge in [0.15, 0.2) is 17.3 Å². The minimum atomic E-state index is -1.04. The van der Waals surface area contributed by atoms with Crippen molar-refractivity contribution in [2.24, 2.45) is 0 Å². The third kappa shape index (κ3) is 2.70. The molecule has 0 aliphatic carbocycles. The van der Waals surface area contributed by atoms with Crippen LogP contribution in [0.3, 0.4) is 0 Å². The highest BCUT2D eigenvalue weighted by molar-refractivity contribution is 5.43. The van der Waals surface area contributed by atoms with Gasteiger partial charge in [0.25, 0.3) is 0 Å². The van der Waals surface area contributed by atoms with E-state index in [2.05, 4.69) is 25.9 Å². The summed E-state index contributed by atoms with van der Waals surface area (Å²) in [4.78, 5) is 0. The third-order valence-corrected chi connectivity index (χ3v) is 3.20. The standard InChI is InChI=1S/C13H12F2N6O/c1-7(13(22)8-2-3-9(14)10(15)6-8)16-11-4-5-12-17-19-20-21(12)18-11/h2-7,13,22H,1H3,(H,16,18)/t7-,13+/m0/s1. The van der Waals surface area contributed by atoms with Gasteiger partial charge < -0.3 is 10.4 Å². The SMILES string of the molecule is C[C@H](Nc1ccc2nnnn2n1)[C@@H](O)c1ccc(F)c(F)c1. The number of aromatic nitrogens is 5. The van der Waals surface area contributed by atoms with Crippen LogP contribution in [0.15, 0.2) is 30.3 Å². The van der Waals surface area contributed by atoms with Crippen LogP contribution in [0.25, 0.3) is 5.65 Å². The molecule has 2 aromatic heterocycles. The molecule has 0 aliphatic heterocycles. The van der Waals surface area contributed by atoms with Crippen molar-refractivity contribution in [1.82, 2.24) is 25.3 Å². The van der Waals surface area contributed by atoms with Crippen LogP contribution in [-0.4, -0.2) is 36.4 Å². The molecule has 0 saturated heterocycles. The average molecular weight is 306 g/mol. The molecule has 2 N–H and O–H groups in total. The summed E-state index contributed by atoms with van der Waals surface area (Å²) in [6.45, 7) is 1.69. The predicted octanol–water partition coefficient (Wildman–Crippen LogP) is 1.33.